The fourth-order valence-electron chi connectivity index (χ4n) is 3.81. The SMILES string of the molecule is CN(C(=O)c1cc(C(F)(F)F)cc(C(F)(F)F)c1)/C(=C/CC(c1ccccc1)c1ccccc1)C(=O)O. The minimum Gasteiger partial charge on any atom is -0.477 e. The molecule has 3 aromatic carbocycles. The number of allylic oxidation sites excluding steroid dienone is 1. The maximum absolute atomic E-state index is 13.2. The summed E-state index contributed by atoms with van der Waals surface area (Å²) in [5, 5.41) is 9.74. The Kier molecular flexibility index (Phi) is 8.10. The molecule has 37 heavy (non-hydrogen) atoms. The van der Waals surface area contributed by atoms with Gasteiger partial charge in [-0.25, -0.2) is 4.79 Å². The first-order chi connectivity index (χ1) is 17.3. The molecular weight excluding hydrogens is 500 g/mol. The first kappa shape index (κ1) is 27.5. The molecule has 0 aromatic heterocycles. The number of carbonyl (C=O) groups excluding carboxylic acids is 1. The molecule has 10 heteroatoms. The number of hydrogen-bond donors (Lipinski definition) is 1. The van der Waals surface area contributed by atoms with Crippen molar-refractivity contribution in [1.29, 1.82) is 0 Å². The number of amides is 1. The highest BCUT2D eigenvalue weighted by molar-refractivity contribution is 6.00. The summed E-state index contributed by atoms with van der Waals surface area (Å²) in [6.45, 7) is 0. The summed E-state index contributed by atoms with van der Waals surface area (Å²) < 4.78 is 79.3. The maximum atomic E-state index is 13.2. The van der Waals surface area contributed by atoms with Crippen LogP contribution in [0.15, 0.2) is 90.6 Å². The van der Waals surface area contributed by atoms with E-state index in [4.69, 9.17) is 0 Å². The lowest BCUT2D eigenvalue weighted by atomic mass is 9.88. The fourth-order valence-corrected chi connectivity index (χ4v) is 3.81. The van der Waals surface area contributed by atoms with Crippen molar-refractivity contribution in [2.75, 3.05) is 7.05 Å². The quantitative estimate of drug-likeness (QED) is 0.269. The Bertz CT molecular complexity index is 1210. The predicted molar refractivity (Wildman–Crippen MR) is 124 cm³/mol. The van der Waals surface area contributed by atoms with Gasteiger partial charge in [0.15, 0.2) is 0 Å². The minimum absolute atomic E-state index is 0.0870. The summed E-state index contributed by atoms with van der Waals surface area (Å²) in [5.74, 6) is -3.23. The lowest BCUT2D eigenvalue weighted by Gasteiger charge is -2.21. The average Bonchev–Trinajstić information content (AvgIpc) is 2.85. The van der Waals surface area contributed by atoms with Gasteiger partial charge in [-0.15, -0.1) is 0 Å². The van der Waals surface area contributed by atoms with Crippen molar-refractivity contribution in [1.82, 2.24) is 4.90 Å². The molecule has 0 saturated heterocycles. The number of alkyl halides is 6. The van der Waals surface area contributed by atoms with Crippen molar-refractivity contribution in [2.45, 2.75) is 24.7 Å². The molecule has 0 atom stereocenters. The standard InChI is InChI=1S/C27H21F6NO3/c1-34(24(35)19-14-20(26(28,29)30)16-21(15-19)27(31,32)33)23(25(36)37)13-12-22(17-8-4-2-5-9-17)18-10-6-3-7-11-18/h2-11,13-16,22H,12H2,1H3,(H,36,37)/b23-13+. The second-order valence-electron chi connectivity index (χ2n) is 8.16. The number of nitrogens with zero attached hydrogens (tertiary/aromatic N) is 1. The summed E-state index contributed by atoms with van der Waals surface area (Å²) in [6.07, 6.45) is -9.00. The van der Waals surface area contributed by atoms with E-state index in [0.29, 0.717) is 4.90 Å². The maximum Gasteiger partial charge on any atom is 0.416 e. The first-order valence-corrected chi connectivity index (χ1v) is 10.9. The van der Waals surface area contributed by atoms with Crippen molar-refractivity contribution in [2.24, 2.45) is 0 Å². The number of likely N-dealkylation sites (N-methyl/N-ethyl adjacent to an activating group) is 1. The van der Waals surface area contributed by atoms with Gasteiger partial charge >= 0.3 is 18.3 Å². The van der Waals surface area contributed by atoms with Gasteiger partial charge in [0.05, 0.1) is 11.1 Å². The highest BCUT2D eigenvalue weighted by Crippen LogP contribution is 2.37. The number of carboxylic acids is 1. The van der Waals surface area contributed by atoms with Crippen LogP contribution in [0.1, 0.15) is 45.0 Å². The van der Waals surface area contributed by atoms with E-state index in [2.05, 4.69) is 0 Å². The van der Waals surface area contributed by atoms with Gasteiger partial charge in [-0.3, -0.25) is 4.79 Å². The van der Waals surface area contributed by atoms with Crippen LogP contribution in [-0.2, 0) is 17.1 Å². The Labute approximate surface area is 208 Å². The van der Waals surface area contributed by atoms with E-state index < -0.39 is 46.6 Å². The summed E-state index contributed by atoms with van der Waals surface area (Å²) in [7, 11) is 0.982. The molecule has 3 aromatic rings. The van der Waals surface area contributed by atoms with Crippen LogP contribution in [0.3, 0.4) is 0 Å². The van der Waals surface area contributed by atoms with E-state index in [9.17, 15) is 41.0 Å². The van der Waals surface area contributed by atoms with Crippen molar-refractivity contribution in [3.05, 3.63) is 118 Å². The highest BCUT2D eigenvalue weighted by atomic mass is 19.4. The molecule has 0 fully saturated rings. The normalized spacial score (nSPS) is 12.5. The van der Waals surface area contributed by atoms with E-state index >= 15 is 0 Å². The highest BCUT2D eigenvalue weighted by Gasteiger charge is 2.38. The zero-order chi connectivity index (χ0) is 27.4. The van der Waals surface area contributed by atoms with Crippen molar-refractivity contribution >= 4 is 11.9 Å². The molecule has 0 heterocycles. The minimum atomic E-state index is -5.15. The number of aliphatic carboxylic acids is 1. The third-order valence-electron chi connectivity index (χ3n) is 5.67. The molecule has 0 radical (unpaired) electrons. The molecule has 4 nitrogen and oxygen atoms in total. The van der Waals surface area contributed by atoms with E-state index in [0.717, 1.165) is 18.2 Å². The van der Waals surface area contributed by atoms with Crippen LogP contribution in [0.25, 0.3) is 0 Å². The van der Waals surface area contributed by atoms with Crippen LogP contribution in [-0.4, -0.2) is 28.9 Å². The van der Waals surface area contributed by atoms with Crippen LogP contribution >= 0.6 is 0 Å². The number of carboxylic acid groups (broad SMARTS) is 1. The second kappa shape index (κ2) is 10.9. The van der Waals surface area contributed by atoms with Gasteiger partial charge in [-0.05, 0) is 35.7 Å². The van der Waals surface area contributed by atoms with Crippen LogP contribution < -0.4 is 0 Å². The van der Waals surface area contributed by atoms with Crippen LogP contribution in [0, 0.1) is 0 Å². The van der Waals surface area contributed by atoms with Gasteiger partial charge in [0, 0.05) is 18.5 Å². The molecule has 1 amide bonds. The zero-order valence-electron chi connectivity index (χ0n) is 19.3. The largest absolute Gasteiger partial charge is 0.477 e. The Hall–Kier alpha value is -4.08. The third-order valence-corrected chi connectivity index (χ3v) is 5.67. The van der Waals surface area contributed by atoms with Gasteiger partial charge in [-0.2, -0.15) is 26.3 Å². The monoisotopic (exact) mass is 521 g/mol. The third kappa shape index (κ3) is 6.78. The molecule has 3 rings (SSSR count). The molecular formula is C27H21F6NO3. The molecule has 0 spiro atoms. The summed E-state index contributed by atoms with van der Waals surface area (Å²) >= 11 is 0. The Morgan fingerprint density at radius 2 is 1.24 bits per heavy atom. The molecule has 1 N–H and O–H groups in total. The first-order valence-electron chi connectivity index (χ1n) is 10.9. The Balaban J connectivity index is 2.00. The summed E-state index contributed by atoms with van der Waals surface area (Å²) in [4.78, 5) is 25.4. The average molecular weight is 521 g/mol. The second-order valence-corrected chi connectivity index (χ2v) is 8.16. The van der Waals surface area contributed by atoms with Gasteiger partial charge in [0.2, 0.25) is 0 Å². The van der Waals surface area contributed by atoms with E-state index in [1.807, 2.05) is 24.3 Å². The molecule has 0 unspecified atom stereocenters. The van der Waals surface area contributed by atoms with E-state index in [1.165, 1.54) is 6.08 Å². The van der Waals surface area contributed by atoms with Crippen molar-refractivity contribution in [3.63, 3.8) is 0 Å². The van der Waals surface area contributed by atoms with Crippen molar-refractivity contribution in [3.8, 4) is 0 Å². The van der Waals surface area contributed by atoms with E-state index in [1.54, 1.807) is 36.4 Å². The lowest BCUT2D eigenvalue weighted by molar-refractivity contribution is -0.143. The molecule has 0 bridgehead atoms. The van der Waals surface area contributed by atoms with Crippen molar-refractivity contribution < 1.29 is 41.0 Å². The lowest BCUT2D eigenvalue weighted by Crippen LogP contribution is -2.31. The van der Waals surface area contributed by atoms with Gasteiger partial charge < -0.3 is 10.0 Å². The Morgan fingerprint density at radius 3 is 1.62 bits per heavy atom. The van der Waals surface area contributed by atoms with E-state index in [-0.39, 0.29) is 30.5 Å². The molecule has 0 aliphatic rings. The van der Waals surface area contributed by atoms with Gasteiger partial charge in [0.25, 0.3) is 5.91 Å². The fraction of sp³-hybridized carbons (Fsp3) is 0.185. The number of rotatable bonds is 7. The Morgan fingerprint density at radius 1 is 0.811 bits per heavy atom. The number of hydrogen-bond acceptors (Lipinski definition) is 2. The van der Waals surface area contributed by atoms with Crippen LogP contribution in [0.5, 0.6) is 0 Å². The summed E-state index contributed by atoms with van der Waals surface area (Å²) in [5.41, 5.74) is -3.19. The zero-order valence-corrected chi connectivity index (χ0v) is 19.3. The number of carbonyl (C=O) groups is 2. The molecule has 194 valence electrons. The molecule has 0 saturated carbocycles. The van der Waals surface area contributed by atoms with Crippen LogP contribution in [0.2, 0.25) is 0 Å². The molecule has 0 aliphatic heterocycles. The number of halogens is 6. The van der Waals surface area contributed by atoms with Crippen LogP contribution in [0.4, 0.5) is 26.3 Å². The predicted octanol–water partition coefficient (Wildman–Crippen LogP) is 6.99. The smallest absolute Gasteiger partial charge is 0.416 e. The number of benzene rings is 3. The summed E-state index contributed by atoms with van der Waals surface area (Å²) in [6, 6.07) is 18.6. The molecule has 0 aliphatic carbocycles. The van der Waals surface area contributed by atoms with Gasteiger partial charge in [-0.1, -0.05) is 66.7 Å². The van der Waals surface area contributed by atoms with Gasteiger partial charge in [0.1, 0.15) is 5.70 Å². The topological polar surface area (TPSA) is 57.6 Å².